The molecule has 2 aliphatic rings. The number of thiophene rings is 2. The van der Waals surface area contributed by atoms with Crippen molar-refractivity contribution in [3.05, 3.63) is 120 Å². The number of benzene rings is 2. The number of nitrogens with zero attached hydrogens (tertiary/aromatic N) is 1. The standard InChI is InChI=1S/C42H49N5O6S2/c48-35-12-10-32(33-11-14-38(50)46-39(33)35)36(49)25-43-19-3-4-20-44-40(51)37-13-9-30(55-37)24-45-42(18-15-29-6-1-2-8-34(29)42)41(52)53-27-28-16-21-47(22-17-28)26-31-7-5-23-54-31/h1-2,5-14,23,28,36,43,45,48-49H,3-4,15-22,24-27H2,(H,44,51)(H,46,50). The van der Waals surface area contributed by atoms with E-state index in [1.807, 2.05) is 30.3 Å². The molecule has 1 aliphatic heterocycles. The zero-order valence-electron chi connectivity index (χ0n) is 30.9. The number of esters is 1. The van der Waals surface area contributed by atoms with Gasteiger partial charge in [-0.1, -0.05) is 36.4 Å². The highest BCUT2D eigenvalue weighted by Gasteiger charge is 2.46. The molecule has 0 radical (unpaired) electrons. The molecular formula is C42H49N5O6S2. The zero-order chi connectivity index (χ0) is 38.2. The van der Waals surface area contributed by atoms with Gasteiger partial charge in [0, 0.05) is 47.4 Å². The van der Waals surface area contributed by atoms with Gasteiger partial charge in [0.05, 0.1) is 23.1 Å². The first-order chi connectivity index (χ1) is 26.8. The van der Waals surface area contributed by atoms with E-state index in [2.05, 4.69) is 49.4 Å². The second kappa shape index (κ2) is 18.1. The number of aliphatic hydroxyl groups is 1. The summed E-state index contributed by atoms with van der Waals surface area (Å²) in [5, 5.41) is 33.4. The number of hydrogen-bond donors (Lipinski definition) is 6. The van der Waals surface area contributed by atoms with Crippen LogP contribution in [0.25, 0.3) is 10.9 Å². The summed E-state index contributed by atoms with van der Waals surface area (Å²) >= 11 is 3.22. The minimum atomic E-state index is -0.925. The fraction of sp³-hybridized carbons (Fsp3) is 0.405. The predicted molar refractivity (Wildman–Crippen MR) is 217 cm³/mol. The molecule has 13 heteroatoms. The quantitative estimate of drug-likeness (QED) is 0.0524. The summed E-state index contributed by atoms with van der Waals surface area (Å²) in [5.74, 6) is -0.0353. The minimum Gasteiger partial charge on any atom is -0.506 e. The number of aliphatic hydroxyl groups excluding tert-OH is 1. The summed E-state index contributed by atoms with van der Waals surface area (Å²) in [4.78, 5) is 46.7. The lowest BCUT2D eigenvalue weighted by molar-refractivity contribution is -0.154. The van der Waals surface area contributed by atoms with Gasteiger partial charge in [-0.15, -0.1) is 22.7 Å². The Labute approximate surface area is 328 Å². The van der Waals surface area contributed by atoms with Crippen LogP contribution in [0.1, 0.15) is 74.3 Å². The number of rotatable bonds is 17. The lowest BCUT2D eigenvalue weighted by Crippen LogP contribution is -2.48. The molecule has 3 aromatic heterocycles. The van der Waals surface area contributed by atoms with Crippen LogP contribution in [0.2, 0.25) is 0 Å². The highest BCUT2D eigenvalue weighted by Crippen LogP contribution is 2.39. The molecule has 1 aliphatic carbocycles. The van der Waals surface area contributed by atoms with E-state index in [1.165, 1.54) is 28.3 Å². The molecule has 1 amide bonds. The molecule has 0 saturated carbocycles. The molecular weight excluding hydrogens is 735 g/mol. The van der Waals surface area contributed by atoms with Gasteiger partial charge in [-0.05, 0) is 116 Å². The van der Waals surface area contributed by atoms with Crippen LogP contribution in [0, 0.1) is 5.92 Å². The Morgan fingerprint density at radius 2 is 1.82 bits per heavy atom. The molecule has 55 heavy (non-hydrogen) atoms. The minimum absolute atomic E-state index is 0.0439. The van der Waals surface area contributed by atoms with Crippen LogP contribution in [0.3, 0.4) is 0 Å². The Bertz CT molecular complexity index is 2130. The number of amides is 1. The number of pyridine rings is 1. The fourth-order valence-corrected chi connectivity index (χ4v) is 9.34. The average molecular weight is 784 g/mol. The molecule has 0 bridgehead atoms. The number of likely N-dealkylation sites (tertiary alicyclic amines) is 1. The van der Waals surface area contributed by atoms with Crippen molar-refractivity contribution < 1.29 is 24.5 Å². The van der Waals surface area contributed by atoms with E-state index in [0.717, 1.165) is 67.7 Å². The van der Waals surface area contributed by atoms with Gasteiger partial charge in [0.1, 0.15) is 11.3 Å². The zero-order valence-corrected chi connectivity index (χ0v) is 32.5. The molecule has 5 aromatic rings. The first-order valence-corrected chi connectivity index (χ1v) is 20.8. The Balaban J connectivity index is 0.846. The molecule has 1 saturated heterocycles. The number of aromatic nitrogens is 1. The van der Waals surface area contributed by atoms with Gasteiger partial charge >= 0.3 is 5.97 Å². The number of H-pyrrole nitrogens is 1. The largest absolute Gasteiger partial charge is 0.506 e. The smallest absolute Gasteiger partial charge is 0.331 e. The van der Waals surface area contributed by atoms with Gasteiger partial charge in [-0.3, -0.25) is 19.8 Å². The third-order valence-electron chi connectivity index (χ3n) is 10.8. The second-order valence-corrected chi connectivity index (χ2v) is 16.7. The predicted octanol–water partition coefficient (Wildman–Crippen LogP) is 5.58. The number of ether oxygens (including phenoxy) is 1. The van der Waals surface area contributed by atoms with E-state index < -0.39 is 11.6 Å². The molecule has 2 atom stereocenters. The SMILES string of the molecule is O=C(NCCCCNCC(O)c1ccc(O)c2[nH]c(=O)ccc12)c1ccc(CNC2(C(=O)OCC3CCN(Cc4cccs4)CC3)CCc3ccccc32)s1. The summed E-state index contributed by atoms with van der Waals surface area (Å²) in [7, 11) is 0. The first-order valence-electron chi connectivity index (χ1n) is 19.1. The molecule has 4 heterocycles. The number of unbranched alkanes of at least 4 members (excludes halogenated alkanes) is 1. The normalized spacial score (nSPS) is 18.0. The number of fused-ring (bicyclic) bond motifs is 2. The van der Waals surface area contributed by atoms with E-state index in [9.17, 15) is 24.6 Å². The molecule has 2 aromatic carbocycles. The average Bonchev–Trinajstić information content (AvgIpc) is 3.98. The van der Waals surface area contributed by atoms with Gasteiger partial charge < -0.3 is 30.6 Å². The maximum atomic E-state index is 14.0. The van der Waals surface area contributed by atoms with Gasteiger partial charge in [-0.25, -0.2) is 4.79 Å². The third kappa shape index (κ3) is 9.37. The molecule has 0 spiro atoms. The van der Waals surface area contributed by atoms with E-state index in [-0.39, 0.29) is 23.2 Å². The number of phenols is 1. The van der Waals surface area contributed by atoms with Gasteiger partial charge in [0.15, 0.2) is 0 Å². The Morgan fingerprint density at radius 3 is 2.65 bits per heavy atom. The molecule has 6 N–H and O–H groups in total. The number of carbonyl (C=O) groups is 2. The van der Waals surface area contributed by atoms with Gasteiger partial charge in [-0.2, -0.15) is 0 Å². The van der Waals surface area contributed by atoms with Crippen molar-refractivity contribution in [2.75, 3.05) is 39.3 Å². The van der Waals surface area contributed by atoms with E-state index in [1.54, 1.807) is 23.5 Å². The molecule has 1 fully saturated rings. The fourth-order valence-electron chi connectivity index (χ4n) is 7.73. The number of phenolic OH excluding ortho intramolecular Hbond substituents is 1. The molecule has 11 nitrogen and oxygen atoms in total. The number of aryl methyl sites for hydroxylation is 1. The topological polar surface area (TPSA) is 156 Å². The number of hydrogen-bond acceptors (Lipinski definition) is 11. The third-order valence-corrected chi connectivity index (χ3v) is 12.8. The number of aromatic hydroxyl groups is 1. The van der Waals surface area contributed by atoms with Crippen molar-refractivity contribution in [2.24, 2.45) is 5.92 Å². The highest BCUT2D eigenvalue weighted by atomic mass is 32.1. The Hall–Kier alpha value is -4.37. The Morgan fingerprint density at radius 1 is 0.982 bits per heavy atom. The highest BCUT2D eigenvalue weighted by molar-refractivity contribution is 7.14. The molecule has 2 unspecified atom stereocenters. The first kappa shape index (κ1) is 38.9. The van der Waals surface area contributed by atoms with Gasteiger partial charge in [0.2, 0.25) is 5.56 Å². The Kier molecular flexibility index (Phi) is 12.8. The van der Waals surface area contributed by atoms with Crippen molar-refractivity contribution >= 4 is 45.5 Å². The van der Waals surface area contributed by atoms with Crippen LogP contribution < -0.4 is 21.5 Å². The van der Waals surface area contributed by atoms with E-state index in [4.69, 9.17) is 4.74 Å². The maximum Gasteiger partial charge on any atom is 0.331 e. The van der Waals surface area contributed by atoms with Gasteiger partial charge in [0.25, 0.3) is 5.91 Å². The summed E-state index contributed by atoms with van der Waals surface area (Å²) in [6.07, 6.45) is 4.19. The summed E-state index contributed by atoms with van der Waals surface area (Å²) in [6, 6.07) is 22.3. The summed E-state index contributed by atoms with van der Waals surface area (Å²) in [5.41, 5.74) is 1.82. The second-order valence-electron chi connectivity index (χ2n) is 14.5. The van der Waals surface area contributed by atoms with Crippen LogP contribution in [0.15, 0.2) is 83.0 Å². The van der Waals surface area contributed by atoms with Crippen LogP contribution in [-0.4, -0.2) is 71.3 Å². The molecule has 290 valence electrons. The van der Waals surface area contributed by atoms with Crippen molar-refractivity contribution in [1.29, 1.82) is 0 Å². The summed E-state index contributed by atoms with van der Waals surface area (Å²) < 4.78 is 6.12. The van der Waals surface area contributed by atoms with Crippen molar-refractivity contribution in [2.45, 2.75) is 63.3 Å². The maximum absolute atomic E-state index is 14.0. The van der Waals surface area contributed by atoms with Crippen molar-refractivity contribution in [3.8, 4) is 5.75 Å². The van der Waals surface area contributed by atoms with Crippen LogP contribution in [0.5, 0.6) is 5.75 Å². The van der Waals surface area contributed by atoms with E-state index in [0.29, 0.717) is 66.5 Å². The van der Waals surface area contributed by atoms with Crippen molar-refractivity contribution in [3.63, 3.8) is 0 Å². The summed E-state index contributed by atoms with van der Waals surface area (Å²) in [6.45, 7) is 5.35. The number of piperidine rings is 1. The number of nitrogens with one attached hydrogen (secondary N) is 4. The monoisotopic (exact) mass is 783 g/mol. The van der Waals surface area contributed by atoms with E-state index >= 15 is 0 Å². The van der Waals surface area contributed by atoms with Crippen LogP contribution in [0.4, 0.5) is 0 Å². The lowest BCUT2D eigenvalue weighted by Gasteiger charge is -2.33. The van der Waals surface area contributed by atoms with Crippen LogP contribution in [-0.2, 0) is 34.6 Å². The van der Waals surface area contributed by atoms with Crippen molar-refractivity contribution in [1.82, 2.24) is 25.8 Å². The number of aromatic amines is 1. The molecule has 7 rings (SSSR count). The lowest BCUT2D eigenvalue weighted by atomic mass is 9.91. The van der Waals surface area contributed by atoms with Crippen LogP contribution >= 0.6 is 22.7 Å². The number of carbonyl (C=O) groups excluding carboxylic acids is 2.